The van der Waals surface area contributed by atoms with Crippen molar-refractivity contribution < 1.29 is 14.7 Å². The molecule has 110 valence electrons. The number of nitrogens with one attached hydrogen (secondary N) is 1. The smallest absolute Gasteiger partial charge is 0.323 e. The third-order valence-corrected chi connectivity index (χ3v) is 3.40. The third kappa shape index (κ3) is 3.98. The molecule has 0 heterocycles. The molecule has 2 amide bonds. The number of urea groups is 1. The summed E-state index contributed by atoms with van der Waals surface area (Å²) in [5.74, 6) is -1.01. The number of carboxylic acid groups (broad SMARTS) is 1. The largest absolute Gasteiger partial charge is 0.480 e. The maximum absolute atomic E-state index is 12.3. The van der Waals surface area contributed by atoms with Crippen molar-refractivity contribution in [3.63, 3.8) is 0 Å². The molecule has 1 unspecified atom stereocenters. The summed E-state index contributed by atoms with van der Waals surface area (Å²) in [5, 5.41) is 11.8. The molecular weight excluding hydrogens is 256 g/mol. The molecule has 0 aliphatic heterocycles. The van der Waals surface area contributed by atoms with Crippen LogP contribution in [-0.2, 0) is 4.79 Å². The highest BCUT2D eigenvalue weighted by Crippen LogP contribution is 2.20. The van der Waals surface area contributed by atoms with Gasteiger partial charge in [-0.05, 0) is 38.3 Å². The Morgan fingerprint density at radius 1 is 1.30 bits per heavy atom. The number of carbonyl (C=O) groups excluding carboxylic acids is 1. The van der Waals surface area contributed by atoms with Gasteiger partial charge in [0, 0.05) is 11.7 Å². The molecular formula is C15H22N2O3. The second kappa shape index (κ2) is 6.93. The fraction of sp³-hybridized carbons (Fsp3) is 0.467. The number of carbonyl (C=O) groups is 2. The first-order chi connectivity index (χ1) is 9.36. The topological polar surface area (TPSA) is 69.6 Å². The molecule has 0 fully saturated rings. The second-order valence-electron chi connectivity index (χ2n) is 4.98. The number of rotatable bonds is 5. The van der Waals surface area contributed by atoms with Gasteiger partial charge in [-0.3, -0.25) is 4.79 Å². The molecule has 0 spiro atoms. The quantitative estimate of drug-likeness (QED) is 0.869. The van der Waals surface area contributed by atoms with E-state index in [0.717, 1.165) is 16.8 Å². The summed E-state index contributed by atoms with van der Waals surface area (Å²) in [7, 11) is 0. The Labute approximate surface area is 119 Å². The molecule has 20 heavy (non-hydrogen) atoms. The number of para-hydroxylation sites is 1. The molecule has 1 aromatic carbocycles. The summed E-state index contributed by atoms with van der Waals surface area (Å²) in [6, 6.07) is 5.24. The number of hydrogen-bond donors (Lipinski definition) is 2. The molecule has 1 rings (SSSR count). The fourth-order valence-electron chi connectivity index (χ4n) is 1.98. The highest BCUT2D eigenvalue weighted by Gasteiger charge is 2.22. The summed E-state index contributed by atoms with van der Waals surface area (Å²) in [5.41, 5.74) is 2.66. The molecule has 5 heteroatoms. The maximum atomic E-state index is 12.3. The maximum Gasteiger partial charge on any atom is 0.323 e. The number of carboxylic acids is 1. The predicted molar refractivity (Wildman–Crippen MR) is 79.0 cm³/mol. The lowest BCUT2D eigenvalue weighted by atomic mass is 10.1. The first-order valence-electron chi connectivity index (χ1n) is 6.72. The predicted octanol–water partition coefficient (Wildman–Crippen LogP) is 3.02. The van der Waals surface area contributed by atoms with Crippen molar-refractivity contribution >= 4 is 17.7 Å². The van der Waals surface area contributed by atoms with Gasteiger partial charge in [0.1, 0.15) is 6.54 Å². The molecule has 0 saturated carbocycles. The van der Waals surface area contributed by atoms with Crippen molar-refractivity contribution in [2.75, 3.05) is 11.9 Å². The minimum atomic E-state index is -1.01. The van der Waals surface area contributed by atoms with Crippen molar-refractivity contribution in [3.8, 4) is 0 Å². The van der Waals surface area contributed by atoms with E-state index in [2.05, 4.69) is 5.32 Å². The molecule has 0 radical (unpaired) electrons. The number of aryl methyl sites for hydroxylation is 2. The summed E-state index contributed by atoms with van der Waals surface area (Å²) < 4.78 is 0. The van der Waals surface area contributed by atoms with Gasteiger partial charge in [-0.15, -0.1) is 0 Å². The Balaban J connectivity index is 2.93. The lowest BCUT2D eigenvalue weighted by Gasteiger charge is -2.27. The third-order valence-electron chi connectivity index (χ3n) is 3.40. The highest BCUT2D eigenvalue weighted by atomic mass is 16.4. The lowest BCUT2D eigenvalue weighted by Crippen LogP contribution is -2.44. The van der Waals surface area contributed by atoms with E-state index in [1.807, 2.05) is 45.9 Å². The Morgan fingerprint density at radius 3 is 2.30 bits per heavy atom. The average Bonchev–Trinajstić information content (AvgIpc) is 2.39. The van der Waals surface area contributed by atoms with Crippen LogP contribution >= 0.6 is 0 Å². The van der Waals surface area contributed by atoms with E-state index in [-0.39, 0.29) is 18.6 Å². The first-order valence-corrected chi connectivity index (χ1v) is 6.72. The second-order valence-corrected chi connectivity index (χ2v) is 4.98. The van der Waals surface area contributed by atoms with E-state index in [1.54, 1.807) is 0 Å². The lowest BCUT2D eigenvalue weighted by molar-refractivity contribution is -0.138. The van der Waals surface area contributed by atoms with E-state index in [1.165, 1.54) is 4.90 Å². The average molecular weight is 278 g/mol. The summed E-state index contributed by atoms with van der Waals surface area (Å²) in [6.07, 6.45) is 0.702. The van der Waals surface area contributed by atoms with Crippen LogP contribution in [0, 0.1) is 13.8 Å². The molecule has 0 aromatic heterocycles. The molecule has 1 atom stereocenters. The summed E-state index contributed by atoms with van der Waals surface area (Å²) in [4.78, 5) is 24.5. The monoisotopic (exact) mass is 278 g/mol. The Bertz CT molecular complexity index is 480. The van der Waals surface area contributed by atoms with Crippen molar-refractivity contribution in [1.29, 1.82) is 0 Å². The van der Waals surface area contributed by atoms with Crippen molar-refractivity contribution in [2.45, 2.75) is 40.2 Å². The van der Waals surface area contributed by atoms with Crippen LogP contribution in [0.5, 0.6) is 0 Å². The minimum absolute atomic E-state index is 0.129. The van der Waals surface area contributed by atoms with E-state index in [0.29, 0.717) is 6.42 Å². The number of anilines is 1. The van der Waals surface area contributed by atoms with Crippen molar-refractivity contribution in [2.24, 2.45) is 0 Å². The zero-order valence-corrected chi connectivity index (χ0v) is 12.4. The van der Waals surface area contributed by atoms with Gasteiger partial charge in [0.05, 0.1) is 0 Å². The zero-order chi connectivity index (χ0) is 15.3. The number of nitrogens with zero attached hydrogens (tertiary/aromatic N) is 1. The Hall–Kier alpha value is -2.04. The van der Waals surface area contributed by atoms with Crippen LogP contribution in [0.2, 0.25) is 0 Å². The number of hydrogen-bond acceptors (Lipinski definition) is 2. The van der Waals surface area contributed by atoms with Gasteiger partial charge in [0.15, 0.2) is 0 Å². The van der Waals surface area contributed by atoms with Crippen LogP contribution in [0.3, 0.4) is 0 Å². The van der Waals surface area contributed by atoms with Gasteiger partial charge < -0.3 is 15.3 Å². The van der Waals surface area contributed by atoms with Crippen LogP contribution in [-0.4, -0.2) is 34.6 Å². The molecule has 1 aromatic rings. The van der Waals surface area contributed by atoms with E-state index < -0.39 is 5.97 Å². The molecule has 0 bridgehead atoms. The normalized spacial score (nSPS) is 11.8. The molecule has 0 aliphatic rings. The van der Waals surface area contributed by atoms with Crippen LogP contribution in [0.4, 0.5) is 10.5 Å². The van der Waals surface area contributed by atoms with E-state index in [9.17, 15) is 9.59 Å². The molecule has 2 N–H and O–H groups in total. The number of aliphatic carboxylic acids is 1. The van der Waals surface area contributed by atoms with Crippen LogP contribution in [0.25, 0.3) is 0 Å². The molecule has 5 nitrogen and oxygen atoms in total. The summed E-state index contributed by atoms with van der Waals surface area (Å²) in [6.45, 7) is 7.28. The SMILES string of the molecule is CCC(C)N(CC(=O)O)C(=O)Nc1c(C)cccc1C. The van der Waals surface area contributed by atoms with Gasteiger partial charge in [-0.1, -0.05) is 25.1 Å². The molecule has 0 aliphatic carbocycles. The number of benzene rings is 1. The molecule has 0 saturated heterocycles. The van der Waals surface area contributed by atoms with Crippen LogP contribution in [0.15, 0.2) is 18.2 Å². The fourth-order valence-corrected chi connectivity index (χ4v) is 1.98. The highest BCUT2D eigenvalue weighted by molar-refractivity contribution is 5.93. The van der Waals surface area contributed by atoms with E-state index >= 15 is 0 Å². The zero-order valence-electron chi connectivity index (χ0n) is 12.4. The van der Waals surface area contributed by atoms with Crippen molar-refractivity contribution in [3.05, 3.63) is 29.3 Å². The minimum Gasteiger partial charge on any atom is -0.480 e. The van der Waals surface area contributed by atoms with Crippen molar-refractivity contribution in [1.82, 2.24) is 4.90 Å². The first kappa shape index (κ1) is 16.0. The van der Waals surface area contributed by atoms with Gasteiger partial charge in [0.2, 0.25) is 0 Å². The van der Waals surface area contributed by atoms with Gasteiger partial charge in [-0.2, -0.15) is 0 Å². The van der Waals surface area contributed by atoms with Gasteiger partial charge >= 0.3 is 12.0 Å². The van der Waals surface area contributed by atoms with Crippen LogP contribution < -0.4 is 5.32 Å². The van der Waals surface area contributed by atoms with Gasteiger partial charge in [0.25, 0.3) is 0 Å². The van der Waals surface area contributed by atoms with Gasteiger partial charge in [-0.25, -0.2) is 4.79 Å². The van der Waals surface area contributed by atoms with E-state index in [4.69, 9.17) is 5.11 Å². The Morgan fingerprint density at radius 2 is 1.85 bits per heavy atom. The number of amides is 2. The standard InChI is InChI=1S/C15H22N2O3/c1-5-12(4)17(9-13(18)19)15(20)16-14-10(2)7-6-8-11(14)3/h6-8,12H,5,9H2,1-4H3,(H,16,20)(H,18,19). The summed E-state index contributed by atoms with van der Waals surface area (Å²) >= 11 is 0. The van der Waals surface area contributed by atoms with Crippen LogP contribution in [0.1, 0.15) is 31.4 Å². The Kier molecular flexibility index (Phi) is 5.55.